The highest BCUT2D eigenvalue weighted by atomic mass is 16.5. The summed E-state index contributed by atoms with van der Waals surface area (Å²) in [6, 6.07) is 9.88. The Labute approximate surface area is 123 Å². The summed E-state index contributed by atoms with van der Waals surface area (Å²) in [5.74, 6) is -0.287. The van der Waals surface area contributed by atoms with E-state index in [1.54, 1.807) is 6.33 Å². The van der Waals surface area contributed by atoms with Crippen LogP contribution in [0.4, 0.5) is 0 Å². The lowest BCUT2D eigenvalue weighted by Crippen LogP contribution is -2.18. The molecule has 0 amide bonds. The van der Waals surface area contributed by atoms with Crippen LogP contribution in [0.5, 0.6) is 0 Å². The van der Waals surface area contributed by atoms with Crippen LogP contribution in [-0.4, -0.2) is 34.3 Å². The number of carbonyl (C=O) groups is 2. The first-order valence-corrected chi connectivity index (χ1v) is 6.76. The molecule has 1 atom stereocenters. The molecular weight excluding hydrogens is 268 g/mol. The molecule has 1 aromatic heterocycles. The predicted molar refractivity (Wildman–Crippen MR) is 78.3 cm³/mol. The highest BCUT2D eigenvalue weighted by Gasteiger charge is 2.17. The molecule has 0 bridgehead atoms. The number of rotatable bonds is 7. The Balaban J connectivity index is 2.11. The van der Waals surface area contributed by atoms with Crippen LogP contribution in [0.3, 0.4) is 0 Å². The van der Waals surface area contributed by atoms with Gasteiger partial charge in [0.1, 0.15) is 18.9 Å². The molecule has 0 saturated heterocycles. The van der Waals surface area contributed by atoms with Crippen LogP contribution in [0.2, 0.25) is 0 Å². The fourth-order valence-electron chi connectivity index (χ4n) is 2.08. The van der Waals surface area contributed by atoms with E-state index in [1.165, 1.54) is 13.1 Å². The van der Waals surface area contributed by atoms with Crippen molar-refractivity contribution in [1.82, 2.24) is 9.55 Å². The van der Waals surface area contributed by atoms with Crippen molar-refractivity contribution in [3.8, 4) is 0 Å². The van der Waals surface area contributed by atoms with Crippen LogP contribution in [0.15, 0.2) is 42.9 Å². The van der Waals surface area contributed by atoms with Crippen molar-refractivity contribution in [2.75, 3.05) is 13.2 Å². The first kappa shape index (κ1) is 15.1. The number of ketones is 2. The minimum absolute atomic E-state index is 0.000423. The molecule has 110 valence electrons. The quantitative estimate of drug-likeness (QED) is 0.733. The summed E-state index contributed by atoms with van der Waals surface area (Å²) >= 11 is 0. The maximum absolute atomic E-state index is 12.1. The molecule has 2 rings (SSSR count). The van der Waals surface area contributed by atoms with E-state index in [0.29, 0.717) is 5.69 Å². The minimum Gasteiger partial charge on any atom is -0.365 e. The molecule has 0 unspecified atom stereocenters. The van der Waals surface area contributed by atoms with Crippen molar-refractivity contribution < 1.29 is 14.3 Å². The zero-order valence-corrected chi connectivity index (χ0v) is 12.2. The van der Waals surface area contributed by atoms with E-state index in [0.717, 1.165) is 5.56 Å². The highest BCUT2D eigenvalue weighted by Crippen LogP contribution is 2.19. The molecule has 1 heterocycles. The van der Waals surface area contributed by atoms with Gasteiger partial charge in [0.2, 0.25) is 5.78 Å². The number of benzene rings is 1. The van der Waals surface area contributed by atoms with Crippen LogP contribution in [0, 0.1) is 0 Å². The summed E-state index contributed by atoms with van der Waals surface area (Å²) in [7, 11) is 0. The Morgan fingerprint density at radius 1 is 1.24 bits per heavy atom. The second kappa shape index (κ2) is 6.95. The Morgan fingerprint density at radius 2 is 1.95 bits per heavy atom. The van der Waals surface area contributed by atoms with Gasteiger partial charge in [-0.1, -0.05) is 30.3 Å². The molecule has 0 radical (unpaired) electrons. The van der Waals surface area contributed by atoms with Gasteiger partial charge >= 0.3 is 0 Å². The third kappa shape index (κ3) is 3.86. The van der Waals surface area contributed by atoms with Gasteiger partial charge in [-0.15, -0.1) is 0 Å². The van der Waals surface area contributed by atoms with E-state index >= 15 is 0 Å². The van der Waals surface area contributed by atoms with E-state index in [4.69, 9.17) is 4.74 Å². The van der Waals surface area contributed by atoms with Crippen molar-refractivity contribution in [3.05, 3.63) is 54.1 Å². The van der Waals surface area contributed by atoms with Crippen LogP contribution in [0.1, 0.15) is 35.9 Å². The second-order valence-corrected chi connectivity index (χ2v) is 4.89. The maximum atomic E-state index is 12.1. The molecule has 2 aromatic rings. The van der Waals surface area contributed by atoms with E-state index in [9.17, 15) is 9.59 Å². The van der Waals surface area contributed by atoms with E-state index < -0.39 is 0 Å². The van der Waals surface area contributed by atoms with Gasteiger partial charge in [0, 0.05) is 0 Å². The largest absolute Gasteiger partial charge is 0.365 e. The van der Waals surface area contributed by atoms with Gasteiger partial charge in [-0.05, 0) is 19.4 Å². The molecule has 0 N–H and O–H groups in total. The smallest absolute Gasteiger partial charge is 0.206 e. The number of Topliss-reactive ketones (excluding diaryl/α,β-unsaturated/α-hetero) is 2. The van der Waals surface area contributed by atoms with Gasteiger partial charge in [0.15, 0.2) is 5.78 Å². The standard InChI is InChI=1S/C16H18N2O3/c1-12(19)9-21-10-16(20)15-8-17-11-18(15)13(2)14-6-4-3-5-7-14/h3-8,11,13H,9-10H2,1-2H3/t13-/m1/s1. The van der Waals surface area contributed by atoms with Crippen LogP contribution in [-0.2, 0) is 9.53 Å². The van der Waals surface area contributed by atoms with Crippen molar-refractivity contribution in [2.24, 2.45) is 0 Å². The Bertz CT molecular complexity index is 619. The topological polar surface area (TPSA) is 61.2 Å². The van der Waals surface area contributed by atoms with Crippen LogP contribution in [0.25, 0.3) is 0 Å². The van der Waals surface area contributed by atoms with Gasteiger partial charge in [0.25, 0.3) is 0 Å². The Hall–Kier alpha value is -2.27. The van der Waals surface area contributed by atoms with Crippen molar-refractivity contribution in [2.45, 2.75) is 19.9 Å². The fourth-order valence-corrected chi connectivity index (χ4v) is 2.08. The van der Waals surface area contributed by atoms with Gasteiger partial charge in [-0.3, -0.25) is 9.59 Å². The van der Waals surface area contributed by atoms with Crippen molar-refractivity contribution >= 4 is 11.6 Å². The Morgan fingerprint density at radius 3 is 2.62 bits per heavy atom. The zero-order valence-electron chi connectivity index (χ0n) is 12.2. The Kier molecular flexibility index (Phi) is 5.00. The molecule has 0 fully saturated rings. The molecule has 5 nitrogen and oxygen atoms in total. The SMILES string of the molecule is CC(=O)COCC(=O)c1cncn1[C@H](C)c1ccccc1. The van der Waals surface area contributed by atoms with E-state index in [2.05, 4.69) is 4.98 Å². The molecule has 1 aromatic carbocycles. The third-order valence-electron chi connectivity index (χ3n) is 3.19. The minimum atomic E-state index is -0.184. The molecular formula is C16H18N2O3. The normalized spacial score (nSPS) is 12.1. The van der Waals surface area contributed by atoms with Gasteiger partial charge in [0.05, 0.1) is 18.6 Å². The second-order valence-electron chi connectivity index (χ2n) is 4.89. The first-order chi connectivity index (χ1) is 10.1. The molecule has 0 spiro atoms. The fraction of sp³-hybridized carbons (Fsp3) is 0.312. The molecule has 0 aliphatic rings. The lowest BCUT2D eigenvalue weighted by Gasteiger charge is -2.16. The molecule has 0 aliphatic heterocycles. The van der Waals surface area contributed by atoms with Crippen LogP contribution >= 0.6 is 0 Å². The summed E-state index contributed by atoms with van der Waals surface area (Å²) < 4.78 is 6.90. The average molecular weight is 286 g/mol. The van der Waals surface area contributed by atoms with Crippen LogP contribution < -0.4 is 0 Å². The first-order valence-electron chi connectivity index (χ1n) is 6.76. The average Bonchev–Trinajstić information content (AvgIpc) is 2.96. The van der Waals surface area contributed by atoms with Crippen molar-refractivity contribution in [3.63, 3.8) is 0 Å². The van der Waals surface area contributed by atoms with Gasteiger partial charge in [-0.25, -0.2) is 4.98 Å². The van der Waals surface area contributed by atoms with E-state index in [1.807, 2.05) is 41.8 Å². The number of carbonyl (C=O) groups excluding carboxylic acids is 2. The summed E-state index contributed by atoms with van der Waals surface area (Å²) in [5.41, 5.74) is 1.57. The molecule has 21 heavy (non-hydrogen) atoms. The van der Waals surface area contributed by atoms with E-state index in [-0.39, 0.29) is 30.8 Å². The van der Waals surface area contributed by atoms with Gasteiger partial charge in [-0.2, -0.15) is 0 Å². The monoisotopic (exact) mass is 286 g/mol. The highest BCUT2D eigenvalue weighted by molar-refractivity contribution is 5.95. The molecule has 5 heteroatoms. The predicted octanol–water partition coefficient (Wildman–Crippen LogP) is 2.28. The maximum Gasteiger partial charge on any atom is 0.206 e. The molecule has 0 aliphatic carbocycles. The number of ether oxygens (including phenoxy) is 1. The number of hydrogen-bond acceptors (Lipinski definition) is 4. The van der Waals surface area contributed by atoms with Gasteiger partial charge < -0.3 is 9.30 Å². The summed E-state index contributed by atoms with van der Waals surface area (Å²) in [6.07, 6.45) is 3.16. The van der Waals surface area contributed by atoms with Crippen molar-refractivity contribution in [1.29, 1.82) is 0 Å². The summed E-state index contributed by atoms with van der Waals surface area (Å²) in [6.45, 7) is 3.26. The third-order valence-corrected chi connectivity index (χ3v) is 3.19. The summed E-state index contributed by atoms with van der Waals surface area (Å²) in [5, 5.41) is 0. The number of imidazole rings is 1. The summed E-state index contributed by atoms with van der Waals surface area (Å²) in [4.78, 5) is 27.0. The number of nitrogens with zero attached hydrogens (tertiary/aromatic N) is 2. The number of aromatic nitrogens is 2. The number of hydrogen-bond donors (Lipinski definition) is 0. The zero-order chi connectivity index (χ0) is 15.2. The molecule has 0 saturated carbocycles. The lowest BCUT2D eigenvalue weighted by molar-refractivity contribution is -0.121. The lowest BCUT2D eigenvalue weighted by atomic mass is 10.1.